The van der Waals surface area contributed by atoms with E-state index in [9.17, 15) is 9.59 Å². The molecule has 17 heavy (non-hydrogen) atoms. The van der Waals surface area contributed by atoms with Crippen LogP contribution < -0.4 is 5.32 Å². The SMILES string of the molecule is CC(C)(C)OC(=O)c1ccc2c(c1)NC(=O)C2. The molecule has 0 atom stereocenters. The van der Waals surface area contributed by atoms with Crippen LogP contribution in [0, 0.1) is 0 Å². The van der Waals surface area contributed by atoms with Gasteiger partial charge in [-0.15, -0.1) is 0 Å². The van der Waals surface area contributed by atoms with E-state index in [-0.39, 0.29) is 11.9 Å². The Balaban J connectivity index is 2.22. The fraction of sp³-hybridized carbons (Fsp3) is 0.385. The summed E-state index contributed by atoms with van der Waals surface area (Å²) in [5.41, 5.74) is 1.57. The summed E-state index contributed by atoms with van der Waals surface area (Å²) in [5, 5.41) is 2.71. The number of esters is 1. The highest BCUT2D eigenvalue weighted by molar-refractivity contribution is 6.01. The molecule has 1 heterocycles. The van der Waals surface area contributed by atoms with Crippen molar-refractivity contribution in [3.63, 3.8) is 0 Å². The van der Waals surface area contributed by atoms with Crippen molar-refractivity contribution in [3.05, 3.63) is 29.3 Å². The fourth-order valence-electron chi connectivity index (χ4n) is 1.68. The number of benzene rings is 1. The van der Waals surface area contributed by atoms with E-state index in [4.69, 9.17) is 4.74 Å². The molecule has 0 bridgehead atoms. The molecule has 0 saturated carbocycles. The number of hydrogen-bond acceptors (Lipinski definition) is 3. The predicted octanol–water partition coefficient (Wildman–Crippen LogP) is 2.14. The van der Waals surface area contributed by atoms with Gasteiger partial charge in [0, 0.05) is 5.69 Å². The largest absolute Gasteiger partial charge is 0.456 e. The van der Waals surface area contributed by atoms with E-state index in [1.54, 1.807) is 18.2 Å². The molecule has 0 saturated heterocycles. The molecule has 0 unspecified atom stereocenters. The van der Waals surface area contributed by atoms with Gasteiger partial charge in [-0.1, -0.05) is 6.07 Å². The number of rotatable bonds is 1. The minimum atomic E-state index is -0.515. The number of hydrogen-bond donors (Lipinski definition) is 1. The first-order valence-corrected chi connectivity index (χ1v) is 5.51. The summed E-state index contributed by atoms with van der Waals surface area (Å²) in [5.74, 6) is -0.414. The van der Waals surface area contributed by atoms with Gasteiger partial charge >= 0.3 is 5.97 Å². The molecule has 90 valence electrons. The van der Waals surface area contributed by atoms with Crippen molar-refractivity contribution >= 4 is 17.6 Å². The highest BCUT2D eigenvalue weighted by Crippen LogP contribution is 2.25. The second-order valence-electron chi connectivity index (χ2n) is 5.10. The Bertz CT molecular complexity index is 486. The second kappa shape index (κ2) is 3.87. The van der Waals surface area contributed by atoms with Crippen LogP contribution in [0.25, 0.3) is 0 Å². The Hall–Kier alpha value is -1.84. The van der Waals surface area contributed by atoms with Gasteiger partial charge in [-0.3, -0.25) is 4.79 Å². The number of anilines is 1. The van der Waals surface area contributed by atoms with Gasteiger partial charge in [0.25, 0.3) is 0 Å². The van der Waals surface area contributed by atoms with Crippen LogP contribution in [0.1, 0.15) is 36.7 Å². The molecule has 4 heteroatoms. The van der Waals surface area contributed by atoms with Crippen LogP contribution in [0.2, 0.25) is 0 Å². The Morgan fingerprint density at radius 1 is 1.35 bits per heavy atom. The Morgan fingerprint density at radius 2 is 2.06 bits per heavy atom. The van der Waals surface area contributed by atoms with E-state index < -0.39 is 5.60 Å². The van der Waals surface area contributed by atoms with Crippen molar-refractivity contribution in [3.8, 4) is 0 Å². The minimum absolute atomic E-state index is 0.0404. The van der Waals surface area contributed by atoms with Crippen molar-refractivity contribution in [1.29, 1.82) is 0 Å². The lowest BCUT2D eigenvalue weighted by Crippen LogP contribution is -2.23. The van der Waals surface area contributed by atoms with Gasteiger partial charge in [-0.25, -0.2) is 4.79 Å². The van der Waals surface area contributed by atoms with E-state index in [2.05, 4.69) is 5.32 Å². The van der Waals surface area contributed by atoms with Gasteiger partial charge in [0.15, 0.2) is 0 Å². The molecule has 4 nitrogen and oxygen atoms in total. The van der Waals surface area contributed by atoms with Crippen molar-refractivity contribution in [1.82, 2.24) is 0 Å². The number of carbonyl (C=O) groups is 2. The molecular weight excluding hydrogens is 218 g/mol. The zero-order valence-electron chi connectivity index (χ0n) is 10.2. The molecule has 1 aliphatic heterocycles. The summed E-state index contributed by atoms with van der Waals surface area (Å²) in [6, 6.07) is 5.13. The quantitative estimate of drug-likeness (QED) is 0.756. The van der Waals surface area contributed by atoms with Crippen LogP contribution in [0.3, 0.4) is 0 Å². The molecule has 2 rings (SSSR count). The summed E-state index contributed by atoms with van der Waals surface area (Å²) in [6.45, 7) is 5.46. The van der Waals surface area contributed by atoms with Gasteiger partial charge in [0.1, 0.15) is 5.60 Å². The van der Waals surface area contributed by atoms with E-state index in [1.165, 1.54) is 0 Å². The summed E-state index contributed by atoms with van der Waals surface area (Å²) in [7, 11) is 0. The third-order valence-electron chi connectivity index (χ3n) is 2.37. The van der Waals surface area contributed by atoms with E-state index in [1.807, 2.05) is 20.8 Å². The van der Waals surface area contributed by atoms with Crippen LogP contribution >= 0.6 is 0 Å². The van der Waals surface area contributed by atoms with Crippen LogP contribution in [0.5, 0.6) is 0 Å². The fourth-order valence-corrected chi connectivity index (χ4v) is 1.68. The maximum absolute atomic E-state index is 11.8. The Morgan fingerprint density at radius 3 is 2.71 bits per heavy atom. The maximum atomic E-state index is 11.8. The van der Waals surface area contributed by atoms with Crippen LogP contribution in [0.15, 0.2) is 18.2 Å². The number of carbonyl (C=O) groups excluding carboxylic acids is 2. The molecule has 0 spiro atoms. The highest BCUT2D eigenvalue weighted by Gasteiger charge is 2.22. The smallest absolute Gasteiger partial charge is 0.338 e. The van der Waals surface area contributed by atoms with Gasteiger partial charge in [-0.05, 0) is 38.5 Å². The molecular formula is C13H15NO3. The van der Waals surface area contributed by atoms with E-state index >= 15 is 0 Å². The number of amides is 1. The Kier molecular flexibility index (Phi) is 2.65. The minimum Gasteiger partial charge on any atom is -0.456 e. The van der Waals surface area contributed by atoms with Gasteiger partial charge in [-0.2, -0.15) is 0 Å². The molecule has 0 aliphatic carbocycles. The zero-order valence-corrected chi connectivity index (χ0v) is 10.2. The van der Waals surface area contributed by atoms with Crippen molar-refractivity contribution < 1.29 is 14.3 Å². The summed E-state index contributed by atoms with van der Waals surface area (Å²) >= 11 is 0. The molecule has 1 aromatic carbocycles. The van der Waals surface area contributed by atoms with Gasteiger partial charge < -0.3 is 10.1 Å². The van der Waals surface area contributed by atoms with Crippen molar-refractivity contribution in [2.24, 2.45) is 0 Å². The average Bonchev–Trinajstić information content (AvgIpc) is 2.53. The normalized spacial score (nSPS) is 14.2. The lowest BCUT2D eigenvalue weighted by molar-refractivity contribution is -0.115. The highest BCUT2D eigenvalue weighted by atomic mass is 16.6. The van der Waals surface area contributed by atoms with E-state index in [0.717, 1.165) is 5.56 Å². The second-order valence-corrected chi connectivity index (χ2v) is 5.10. The summed E-state index contributed by atoms with van der Waals surface area (Å²) in [6.07, 6.45) is 0.379. The molecule has 1 N–H and O–H groups in total. The van der Waals surface area contributed by atoms with E-state index in [0.29, 0.717) is 17.7 Å². The topological polar surface area (TPSA) is 55.4 Å². The third-order valence-corrected chi connectivity index (χ3v) is 2.37. The number of nitrogens with one attached hydrogen (secondary N) is 1. The molecule has 0 aromatic heterocycles. The number of ether oxygens (including phenoxy) is 1. The standard InChI is InChI=1S/C13H15NO3/c1-13(2,3)17-12(16)9-5-4-8-7-11(15)14-10(8)6-9/h4-6H,7H2,1-3H3,(H,14,15). The molecule has 1 aliphatic rings. The lowest BCUT2D eigenvalue weighted by atomic mass is 10.1. The van der Waals surface area contributed by atoms with Crippen LogP contribution in [0.4, 0.5) is 5.69 Å². The van der Waals surface area contributed by atoms with Crippen molar-refractivity contribution in [2.75, 3.05) is 5.32 Å². The Labute approximate surface area is 100.0 Å². The van der Waals surface area contributed by atoms with Crippen molar-refractivity contribution in [2.45, 2.75) is 32.8 Å². The predicted molar refractivity (Wildman–Crippen MR) is 63.9 cm³/mol. The van der Waals surface area contributed by atoms with Crippen LogP contribution in [-0.2, 0) is 16.0 Å². The van der Waals surface area contributed by atoms with Gasteiger partial charge in [0.2, 0.25) is 5.91 Å². The molecule has 0 fully saturated rings. The first kappa shape index (κ1) is 11.6. The van der Waals surface area contributed by atoms with Gasteiger partial charge in [0.05, 0.1) is 12.0 Å². The molecule has 0 radical (unpaired) electrons. The first-order chi connectivity index (χ1) is 7.85. The molecule has 1 amide bonds. The monoisotopic (exact) mass is 233 g/mol. The first-order valence-electron chi connectivity index (χ1n) is 5.51. The lowest BCUT2D eigenvalue weighted by Gasteiger charge is -2.19. The summed E-state index contributed by atoms with van der Waals surface area (Å²) < 4.78 is 5.26. The maximum Gasteiger partial charge on any atom is 0.338 e. The number of fused-ring (bicyclic) bond motifs is 1. The van der Waals surface area contributed by atoms with Crippen LogP contribution in [-0.4, -0.2) is 17.5 Å². The average molecular weight is 233 g/mol. The third kappa shape index (κ3) is 2.64. The zero-order chi connectivity index (χ0) is 12.6. The molecule has 1 aromatic rings. The summed E-state index contributed by atoms with van der Waals surface area (Å²) in [4.78, 5) is 23.0.